The van der Waals surface area contributed by atoms with E-state index >= 15 is 0 Å². The van der Waals surface area contributed by atoms with Gasteiger partial charge in [-0.3, -0.25) is 0 Å². The van der Waals surface area contributed by atoms with E-state index in [1.165, 1.54) is 6.26 Å². The quantitative estimate of drug-likeness (QED) is 0.781. The summed E-state index contributed by atoms with van der Waals surface area (Å²) in [4.78, 5) is 3.35. The van der Waals surface area contributed by atoms with Crippen molar-refractivity contribution in [3.8, 4) is 16.9 Å². The summed E-state index contributed by atoms with van der Waals surface area (Å²) in [5.41, 5.74) is 7.48. The summed E-state index contributed by atoms with van der Waals surface area (Å²) in [6.07, 6.45) is 1.49. The molecule has 0 saturated heterocycles. The number of ether oxygens (including phenoxy) is 1. The average molecular weight is 214 g/mol. The van der Waals surface area contributed by atoms with Crippen LogP contribution in [-0.2, 0) is 0 Å². The van der Waals surface area contributed by atoms with E-state index in [4.69, 9.17) is 21.5 Å². The summed E-state index contributed by atoms with van der Waals surface area (Å²) in [5.74, 6) is 0.922. The van der Waals surface area contributed by atoms with Crippen molar-refractivity contribution >= 4 is 11.6 Å². The molecule has 4 nitrogen and oxygen atoms in total. The van der Waals surface area contributed by atoms with Crippen LogP contribution in [0.1, 0.15) is 0 Å². The Hall–Kier alpha value is -2.41. The molecule has 16 heavy (non-hydrogen) atoms. The molecule has 0 radical (unpaired) electrons. The van der Waals surface area contributed by atoms with Crippen molar-refractivity contribution in [2.75, 3.05) is 12.8 Å². The third-order valence-electron chi connectivity index (χ3n) is 2.31. The lowest BCUT2D eigenvalue weighted by Gasteiger charge is -2.01. The molecule has 0 unspecified atom stereocenters. The van der Waals surface area contributed by atoms with Crippen molar-refractivity contribution in [1.82, 2.24) is 0 Å². The third-order valence-corrected chi connectivity index (χ3v) is 2.31. The maximum Gasteiger partial charge on any atom is 0.255 e. The van der Waals surface area contributed by atoms with Crippen LogP contribution in [0.3, 0.4) is 0 Å². The molecule has 0 fully saturated rings. The highest BCUT2D eigenvalue weighted by Gasteiger charge is 2.12. The molecule has 2 rings (SSSR count). The number of nitrogens with zero attached hydrogens (tertiary/aromatic N) is 1. The second kappa shape index (κ2) is 3.99. The molecule has 0 amide bonds. The number of benzene rings is 1. The van der Waals surface area contributed by atoms with Crippen LogP contribution < -0.4 is 10.5 Å². The second-order valence-electron chi connectivity index (χ2n) is 3.20. The van der Waals surface area contributed by atoms with Gasteiger partial charge in [0.15, 0.2) is 5.88 Å². The van der Waals surface area contributed by atoms with Crippen molar-refractivity contribution < 1.29 is 9.15 Å². The highest BCUT2D eigenvalue weighted by atomic mass is 16.5. The Kier molecular flexibility index (Phi) is 2.52. The zero-order valence-corrected chi connectivity index (χ0v) is 8.73. The summed E-state index contributed by atoms with van der Waals surface area (Å²) in [5, 5.41) is 0. The van der Waals surface area contributed by atoms with Crippen LogP contribution in [0.4, 0.5) is 11.6 Å². The number of nitrogens with two attached hydrogens (primary N) is 1. The van der Waals surface area contributed by atoms with E-state index in [0.717, 1.165) is 11.3 Å². The molecule has 1 aromatic heterocycles. The minimum atomic E-state index is 0.154. The number of hydrogen-bond acceptors (Lipinski definition) is 3. The van der Waals surface area contributed by atoms with Gasteiger partial charge in [-0.25, -0.2) is 4.85 Å². The van der Waals surface area contributed by atoms with Gasteiger partial charge in [0.1, 0.15) is 5.75 Å². The zero-order chi connectivity index (χ0) is 11.5. The van der Waals surface area contributed by atoms with Gasteiger partial charge in [-0.05, 0) is 17.7 Å². The number of methoxy groups -OCH3 is 1. The van der Waals surface area contributed by atoms with Crippen molar-refractivity contribution in [2.45, 2.75) is 0 Å². The van der Waals surface area contributed by atoms with Gasteiger partial charge < -0.3 is 14.9 Å². The van der Waals surface area contributed by atoms with Crippen LogP contribution in [-0.4, -0.2) is 7.11 Å². The molecule has 1 aromatic carbocycles. The lowest BCUT2D eigenvalue weighted by atomic mass is 10.1. The van der Waals surface area contributed by atoms with Gasteiger partial charge in [0, 0.05) is 5.56 Å². The molecular weight excluding hydrogens is 204 g/mol. The Bertz CT molecular complexity index is 535. The Morgan fingerprint density at radius 1 is 1.31 bits per heavy atom. The summed E-state index contributed by atoms with van der Waals surface area (Å²) in [7, 11) is 1.61. The van der Waals surface area contributed by atoms with Crippen LogP contribution in [0.15, 0.2) is 34.9 Å². The fourth-order valence-corrected chi connectivity index (χ4v) is 1.46. The van der Waals surface area contributed by atoms with Crippen LogP contribution in [0.5, 0.6) is 5.75 Å². The van der Waals surface area contributed by atoms with E-state index in [2.05, 4.69) is 4.85 Å². The molecule has 0 aliphatic heterocycles. The van der Waals surface area contributed by atoms with Gasteiger partial charge >= 0.3 is 0 Å². The van der Waals surface area contributed by atoms with E-state index in [1.54, 1.807) is 7.11 Å². The van der Waals surface area contributed by atoms with E-state index < -0.39 is 0 Å². The van der Waals surface area contributed by atoms with Crippen molar-refractivity contribution in [3.05, 3.63) is 41.9 Å². The molecule has 0 aliphatic rings. The Balaban J connectivity index is 2.47. The highest BCUT2D eigenvalue weighted by Crippen LogP contribution is 2.37. The zero-order valence-electron chi connectivity index (χ0n) is 8.73. The highest BCUT2D eigenvalue weighted by molar-refractivity contribution is 5.84. The van der Waals surface area contributed by atoms with Crippen LogP contribution in [0.2, 0.25) is 0 Å². The van der Waals surface area contributed by atoms with Crippen LogP contribution >= 0.6 is 0 Å². The summed E-state index contributed by atoms with van der Waals surface area (Å²) >= 11 is 0. The number of furan rings is 1. The first-order chi connectivity index (χ1) is 7.76. The normalized spacial score (nSPS) is 9.75. The summed E-state index contributed by atoms with van der Waals surface area (Å²) < 4.78 is 10.1. The van der Waals surface area contributed by atoms with Gasteiger partial charge in [-0.2, -0.15) is 0 Å². The minimum Gasteiger partial charge on any atom is -0.497 e. The van der Waals surface area contributed by atoms with Gasteiger partial charge in [-0.1, -0.05) is 12.1 Å². The predicted molar refractivity (Wildman–Crippen MR) is 61.4 cm³/mol. The topological polar surface area (TPSA) is 52.8 Å². The lowest BCUT2D eigenvalue weighted by Crippen LogP contribution is -1.82. The average Bonchev–Trinajstić information content (AvgIpc) is 2.70. The molecule has 0 saturated carbocycles. The van der Waals surface area contributed by atoms with Crippen molar-refractivity contribution in [2.24, 2.45) is 0 Å². The molecule has 2 aromatic rings. The largest absolute Gasteiger partial charge is 0.497 e. The van der Waals surface area contributed by atoms with Gasteiger partial charge in [0.25, 0.3) is 5.69 Å². The summed E-state index contributed by atoms with van der Waals surface area (Å²) in [6.45, 7) is 7.03. The molecule has 0 spiro atoms. The maximum absolute atomic E-state index is 7.03. The van der Waals surface area contributed by atoms with Gasteiger partial charge in [0.2, 0.25) is 0 Å². The standard InChI is InChI=1S/C12H10N2O2/c1-14-11-10(7-16-12(11)13)8-3-5-9(15-2)6-4-8/h3-7H,13H2,2H3. The van der Waals surface area contributed by atoms with Crippen molar-refractivity contribution in [1.29, 1.82) is 0 Å². The Labute approximate surface area is 93.1 Å². The first kappa shape index (κ1) is 10.1. The van der Waals surface area contributed by atoms with Gasteiger partial charge in [-0.15, -0.1) is 0 Å². The fraction of sp³-hybridized carbons (Fsp3) is 0.0833. The van der Waals surface area contributed by atoms with E-state index in [1.807, 2.05) is 24.3 Å². The molecule has 80 valence electrons. The number of anilines is 1. The molecule has 0 atom stereocenters. The fourth-order valence-electron chi connectivity index (χ4n) is 1.46. The molecule has 0 aliphatic carbocycles. The van der Waals surface area contributed by atoms with E-state index in [0.29, 0.717) is 11.3 Å². The predicted octanol–water partition coefficient (Wildman–Crippen LogP) is 3.09. The number of nitrogen functional groups attached to an aromatic ring is 1. The minimum absolute atomic E-state index is 0.154. The second-order valence-corrected chi connectivity index (χ2v) is 3.20. The SMILES string of the molecule is [C-]#[N+]c1c(-c2ccc(OC)cc2)coc1N. The first-order valence-electron chi connectivity index (χ1n) is 4.65. The van der Waals surface area contributed by atoms with Crippen molar-refractivity contribution in [3.63, 3.8) is 0 Å². The number of rotatable bonds is 2. The lowest BCUT2D eigenvalue weighted by molar-refractivity contribution is 0.415. The summed E-state index contributed by atoms with van der Waals surface area (Å²) in [6, 6.07) is 7.37. The first-order valence-corrected chi connectivity index (χ1v) is 4.65. The molecule has 0 bridgehead atoms. The van der Waals surface area contributed by atoms with Crippen LogP contribution in [0.25, 0.3) is 16.0 Å². The molecular formula is C12H10N2O2. The third kappa shape index (κ3) is 1.59. The molecule has 1 heterocycles. The maximum atomic E-state index is 7.03. The number of hydrogen-bond donors (Lipinski definition) is 1. The smallest absolute Gasteiger partial charge is 0.255 e. The molecule has 4 heteroatoms. The Morgan fingerprint density at radius 2 is 2.00 bits per heavy atom. The van der Waals surface area contributed by atoms with E-state index in [9.17, 15) is 0 Å². The van der Waals surface area contributed by atoms with Crippen LogP contribution in [0, 0.1) is 6.57 Å². The van der Waals surface area contributed by atoms with Gasteiger partial charge in [0.05, 0.1) is 19.9 Å². The molecule has 2 N–H and O–H groups in total. The Morgan fingerprint density at radius 3 is 2.56 bits per heavy atom. The monoisotopic (exact) mass is 214 g/mol. The van der Waals surface area contributed by atoms with E-state index in [-0.39, 0.29) is 5.88 Å².